The molecule has 2 saturated heterocycles. The van der Waals surface area contributed by atoms with Crippen LogP contribution in [0.2, 0.25) is 0 Å². The number of nitrogens with zero attached hydrogens (tertiary/aromatic N) is 2. The van der Waals surface area contributed by atoms with Crippen LogP contribution in [0.15, 0.2) is 0 Å². The molecule has 0 aromatic rings. The third-order valence-electron chi connectivity index (χ3n) is 3.86. The predicted octanol–water partition coefficient (Wildman–Crippen LogP) is -0.0620. The topological polar surface area (TPSA) is 53.0 Å². The van der Waals surface area contributed by atoms with Gasteiger partial charge in [-0.2, -0.15) is 0 Å². The zero-order valence-corrected chi connectivity index (χ0v) is 11.2. The monoisotopic (exact) mass is 256 g/mol. The number of rotatable bonds is 4. The van der Waals surface area contributed by atoms with Crippen LogP contribution in [0, 0.1) is 5.92 Å². The van der Waals surface area contributed by atoms with Gasteiger partial charge in [0.2, 0.25) is 5.91 Å². The lowest BCUT2D eigenvalue weighted by molar-refractivity contribution is -0.139. The highest BCUT2D eigenvalue weighted by atomic mass is 16.5. The van der Waals surface area contributed by atoms with Crippen molar-refractivity contribution in [3.63, 3.8) is 0 Å². The normalized spacial score (nSPS) is 29.8. The minimum atomic E-state index is 0.156. The van der Waals surface area contributed by atoms with Crippen molar-refractivity contribution in [3.8, 4) is 0 Å². The van der Waals surface area contributed by atoms with E-state index in [4.69, 9.17) is 9.84 Å². The summed E-state index contributed by atoms with van der Waals surface area (Å²) in [6, 6.07) is 0. The van der Waals surface area contributed by atoms with Crippen molar-refractivity contribution in [2.75, 3.05) is 45.9 Å². The number of aliphatic hydroxyl groups excluding tert-OH is 1. The molecule has 0 radical (unpaired) electrons. The second kappa shape index (κ2) is 6.50. The van der Waals surface area contributed by atoms with Crippen LogP contribution in [0.5, 0.6) is 0 Å². The lowest BCUT2D eigenvalue weighted by atomic mass is 10.1. The van der Waals surface area contributed by atoms with Crippen LogP contribution >= 0.6 is 0 Å². The number of amides is 1. The molecular weight excluding hydrogens is 232 g/mol. The molecule has 2 fully saturated rings. The number of morpholine rings is 1. The van der Waals surface area contributed by atoms with E-state index in [0.717, 1.165) is 32.5 Å². The molecule has 0 aliphatic carbocycles. The number of hydrogen-bond donors (Lipinski definition) is 1. The van der Waals surface area contributed by atoms with Gasteiger partial charge in [0.25, 0.3) is 0 Å². The molecule has 0 spiro atoms. The number of likely N-dealkylation sites (tertiary alicyclic amines) is 1. The molecule has 104 valence electrons. The zero-order chi connectivity index (χ0) is 13.0. The molecule has 0 aromatic carbocycles. The molecule has 2 atom stereocenters. The van der Waals surface area contributed by atoms with E-state index in [0.29, 0.717) is 25.6 Å². The van der Waals surface area contributed by atoms with Crippen LogP contribution in [0.4, 0.5) is 0 Å². The Balaban J connectivity index is 1.74. The number of hydrogen-bond acceptors (Lipinski definition) is 4. The fourth-order valence-corrected chi connectivity index (χ4v) is 2.81. The Kier molecular flexibility index (Phi) is 4.97. The van der Waals surface area contributed by atoms with E-state index in [1.165, 1.54) is 0 Å². The first-order valence-electron chi connectivity index (χ1n) is 6.91. The molecule has 5 heteroatoms. The average molecular weight is 256 g/mol. The Morgan fingerprint density at radius 3 is 2.94 bits per heavy atom. The van der Waals surface area contributed by atoms with Gasteiger partial charge in [0.05, 0.1) is 19.3 Å². The van der Waals surface area contributed by atoms with Crippen molar-refractivity contribution < 1.29 is 14.6 Å². The number of carbonyl (C=O) groups excluding carboxylic acids is 1. The largest absolute Gasteiger partial charge is 0.396 e. The quantitative estimate of drug-likeness (QED) is 0.765. The van der Waals surface area contributed by atoms with Crippen LogP contribution in [0.25, 0.3) is 0 Å². The predicted molar refractivity (Wildman–Crippen MR) is 68.2 cm³/mol. The van der Waals surface area contributed by atoms with Crippen LogP contribution in [0.1, 0.15) is 19.8 Å². The van der Waals surface area contributed by atoms with E-state index < -0.39 is 0 Å². The van der Waals surface area contributed by atoms with Crippen molar-refractivity contribution >= 4 is 5.91 Å². The maximum atomic E-state index is 12.1. The van der Waals surface area contributed by atoms with Crippen molar-refractivity contribution in [2.24, 2.45) is 5.92 Å². The van der Waals surface area contributed by atoms with Crippen molar-refractivity contribution in [1.29, 1.82) is 0 Å². The van der Waals surface area contributed by atoms with Crippen LogP contribution < -0.4 is 0 Å². The van der Waals surface area contributed by atoms with E-state index in [-0.39, 0.29) is 18.6 Å². The third-order valence-corrected chi connectivity index (χ3v) is 3.86. The summed E-state index contributed by atoms with van der Waals surface area (Å²) in [5, 5.41) is 8.92. The molecule has 18 heavy (non-hydrogen) atoms. The van der Waals surface area contributed by atoms with Crippen LogP contribution in [-0.4, -0.2) is 72.9 Å². The third kappa shape index (κ3) is 3.67. The van der Waals surface area contributed by atoms with Crippen molar-refractivity contribution in [1.82, 2.24) is 9.80 Å². The Labute approximate surface area is 109 Å². The Morgan fingerprint density at radius 2 is 2.22 bits per heavy atom. The van der Waals surface area contributed by atoms with Gasteiger partial charge in [-0.25, -0.2) is 0 Å². The molecule has 0 bridgehead atoms. The van der Waals surface area contributed by atoms with Crippen LogP contribution in [0.3, 0.4) is 0 Å². The minimum Gasteiger partial charge on any atom is -0.396 e. The molecule has 0 aromatic heterocycles. The van der Waals surface area contributed by atoms with Crippen molar-refractivity contribution in [3.05, 3.63) is 0 Å². The molecule has 1 amide bonds. The Morgan fingerprint density at radius 1 is 1.39 bits per heavy atom. The van der Waals surface area contributed by atoms with Gasteiger partial charge in [0.15, 0.2) is 0 Å². The second-order valence-corrected chi connectivity index (χ2v) is 5.42. The Hall–Kier alpha value is -0.650. The van der Waals surface area contributed by atoms with Gasteiger partial charge >= 0.3 is 0 Å². The highest BCUT2D eigenvalue weighted by Crippen LogP contribution is 2.19. The van der Waals surface area contributed by atoms with Gasteiger partial charge in [0.1, 0.15) is 0 Å². The van der Waals surface area contributed by atoms with Gasteiger partial charge in [0, 0.05) is 26.2 Å². The number of aliphatic hydroxyl groups is 1. The summed E-state index contributed by atoms with van der Waals surface area (Å²) in [4.78, 5) is 16.3. The standard InChI is InChI=1S/C13H24N2O3/c1-11-8-15(5-7-18-11)13(17)10-14-4-2-12(9-14)3-6-16/h11-12,16H,2-10H2,1H3. The van der Waals surface area contributed by atoms with Crippen molar-refractivity contribution in [2.45, 2.75) is 25.9 Å². The second-order valence-electron chi connectivity index (χ2n) is 5.42. The molecule has 2 heterocycles. The van der Waals surface area contributed by atoms with Gasteiger partial charge < -0.3 is 14.7 Å². The molecule has 2 unspecified atom stereocenters. The first kappa shape index (κ1) is 13.8. The SMILES string of the molecule is CC1CN(C(=O)CN2CCC(CCO)C2)CCO1. The molecule has 2 rings (SSSR count). The van der Waals surface area contributed by atoms with Gasteiger partial charge in [-0.05, 0) is 32.2 Å². The first-order valence-corrected chi connectivity index (χ1v) is 6.91. The molecule has 5 nitrogen and oxygen atoms in total. The van der Waals surface area contributed by atoms with E-state index >= 15 is 0 Å². The maximum Gasteiger partial charge on any atom is 0.236 e. The zero-order valence-electron chi connectivity index (χ0n) is 11.2. The lowest BCUT2D eigenvalue weighted by Crippen LogP contribution is -2.48. The van der Waals surface area contributed by atoms with Gasteiger partial charge in [-0.1, -0.05) is 0 Å². The van der Waals surface area contributed by atoms with E-state index in [1.54, 1.807) is 0 Å². The average Bonchev–Trinajstić information content (AvgIpc) is 2.77. The summed E-state index contributed by atoms with van der Waals surface area (Å²) < 4.78 is 5.44. The molecule has 2 aliphatic rings. The summed E-state index contributed by atoms with van der Waals surface area (Å²) in [6.07, 6.45) is 2.12. The number of carbonyl (C=O) groups is 1. The van der Waals surface area contributed by atoms with E-state index in [2.05, 4.69) is 4.90 Å². The summed E-state index contributed by atoms with van der Waals surface area (Å²) in [5.41, 5.74) is 0. The summed E-state index contributed by atoms with van der Waals surface area (Å²) in [5.74, 6) is 0.779. The first-order chi connectivity index (χ1) is 8.69. The van der Waals surface area contributed by atoms with Gasteiger partial charge in [-0.3, -0.25) is 9.69 Å². The Bertz CT molecular complexity index is 285. The fourth-order valence-electron chi connectivity index (χ4n) is 2.81. The maximum absolute atomic E-state index is 12.1. The fraction of sp³-hybridized carbons (Fsp3) is 0.923. The molecule has 1 N–H and O–H groups in total. The van der Waals surface area contributed by atoms with E-state index in [9.17, 15) is 4.79 Å². The van der Waals surface area contributed by atoms with Crippen LogP contribution in [-0.2, 0) is 9.53 Å². The summed E-state index contributed by atoms with van der Waals surface area (Å²) in [7, 11) is 0. The van der Waals surface area contributed by atoms with Gasteiger partial charge in [-0.15, -0.1) is 0 Å². The molecule has 0 saturated carbocycles. The smallest absolute Gasteiger partial charge is 0.236 e. The molecule has 2 aliphatic heterocycles. The summed E-state index contributed by atoms with van der Waals surface area (Å²) >= 11 is 0. The number of ether oxygens (including phenoxy) is 1. The highest BCUT2D eigenvalue weighted by Gasteiger charge is 2.27. The molecular formula is C13H24N2O3. The van der Waals surface area contributed by atoms with E-state index in [1.807, 2.05) is 11.8 Å². The highest BCUT2D eigenvalue weighted by molar-refractivity contribution is 5.78. The minimum absolute atomic E-state index is 0.156. The lowest BCUT2D eigenvalue weighted by Gasteiger charge is -2.32. The summed E-state index contributed by atoms with van der Waals surface area (Å²) in [6.45, 7) is 6.81.